The summed E-state index contributed by atoms with van der Waals surface area (Å²) in [6.07, 6.45) is 0. The van der Waals surface area contributed by atoms with Crippen molar-refractivity contribution in [3.63, 3.8) is 0 Å². The van der Waals surface area contributed by atoms with Crippen molar-refractivity contribution >= 4 is 22.1 Å². The second-order valence-electron chi connectivity index (χ2n) is 9.98. The van der Waals surface area contributed by atoms with E-state index in [9.17, 15) is 8.78 Å². The van der Waals surface area contributed by atoms with E-state index in [2.05, 4.69) is 27.3 Å². The Morgan fingerprint density at radius 1 is 0.649 bits per heavy atom. The van der Waals surface area contributed by atoms with Crippen LogP contribution >= 0.6 is 0 Å². The number of hydrogen-bond donors (Lipinski definition) is 0. The van der Waals surface area contributed by atoms with Crippen LogP contribution in [0.1, 0.15) is 25.0 Å². The maximum atomic E-state index is 14.8. The predicted octanol–water partition coefficient (Wildman–Crippen LogP) is 7.40. The third-order valence-electron chi connectivity index (χ3n) is 7.36. The van der Waals surface area contributed by atoms with E-state index in [1.165, 1.54) is 12.1 Å². The van der Waals surface area contributed by atoms with Gasteiger partial charge in [0, 0.05) is 36.7 Å². The molecule has 184 valence electrons. The highest BCUT2D eigenvalue weighted by Gasteiger charge is 2.30. The quantitative estimate of drug-likeness (QED) is 0.257. The molecule has 0 atom stereocenters. The Labute approximate surface area is 213 Å². The number of aryl methyl sites for hydroxylation is 2. The van der Waals surface area contributed by atoms with Gasteiger partial charge in [-0.2, -0.15) is 0 Å². The van der Waals surface area contributed by atoms with Gasteiger partial charge in [0.15, 0.2) is 0 Å². The molecule has 0 saturated carbocycles. The van der Waals surface area contributed by atoms with Crippen LogP contribution in [-0.4, -0.2) is 19.1 Å². The van der Waals surface area contributed by atoms with Crippen molar-refractivity contribution in [2.45, 2.75) is 19.3 Å². The van der Waals surface area contributed by atoms with Crippen LogP contribution in [0.5, 0.6) is 0 Å². The van der Waals surface area contributed by atoms with Gasteiger partial charge in [-0.25, -0.2) is 18.7 Å². The first-order valence-corrected chi connectivity index (χ1v) is 12.2. The molecule has 4 aromatic carbocycles. The largest absolute Gasteiger partial charge is 0.327 e. The van der Waals surface area contributed by atoms with E-state index >= 15 is 0 Å². The first kappa shape index (κ1) is 23.1. The Morgan fingerprint density at radius 3 is 2.03 bits per heavy atom. The maximum Gasteiger partial charge on any atom is 0.140 e. The molecule has 0 aliphatic carbocycles. The maximum absolute atomic E-state index is 14.8. The van der Waals surface area contributed by atoms with Crippen molar-refractivity contribution in [1.82, 2.24) is 19.1 Å². The average Bonchev–Trinajstić information content (AvgIpc) is 3.41. The number of fused-ring (bicyclic) bond motifs is 2. The molecule has 37 heavy (non-hydrogen) atoms. The third kappa shape index (κ3) is 3.63. The van der Waals surface area contributed by atoms with E-state index in [4.69, 9.17) is 9.97 Å². The second-order valence-corrected chi connectivity index (χ2v) is 9.98. The van der Waals surface area contributed by atoms with Crippen LogP contribution in [0.25, 0.3) is 44.8 Å². The highest BCUT2D eigenvalue weighted by atomic mass is 19.1. The molecule has 0 fully saturated rings. The standard InChI is InChI=1S/C31H26F2N4/c1-31(2,22-16-15-21(32)18-24(22)33)23-11-8-14-27-28(23)35-30(37(27)4)20-10-7-9-19(17-20)29-34-25-12-5-6-13-26(25)36(29)3/h5-18H,1-4H3. The van der Waals surface area contributed by atoms with Crippen LogP contribution in [0.2, 0.25) is 0 Å². The number of imidazole rings is 2. The fraction of sp³-hybridized carbons (Fsp3) is 0.161. The first-order chi connectivity index (χ1) is 17.8. The SMILES string of the molecule is Cn1c(-c2cccc(-c3nc4c(C(C)(C)c5ccc(F)cc5F)cccc4n3C)c2)nc2ccccc21. The zero-order valence-electron chi connectivity index (χ0n) is 21.1. The number of rotatable bonds is 4. The summed E-state index contributed by atoms with van der Waals surface area (Å²) >= 11 is 0. The molecule has 0 aliphatic rings. The van der Waals surface area contributed by atoms with Gasteiger partial charge in [-0.1, -0.05) is 62.4 Å². The van der Waals surface area contributed by atoms with Gasteiger partial charge in [0.05, 0.1) is 22.1 Å². The smallest absolute Gasteiger partial charge is 0.140 e. The summed E-state index contributed by atoms with van der Waals surface area (Å²) in [4.78, 5) is 9.91. The highest BCUT2D eigenvalue weighted by Crippen LogP contribution is 2.38. The third-order valence-corrected chi connectivity index (χ3v) is 7.36. The van der Waals surface area contributed by atoms with Crippen molar-refractivity contribution in [2.24, 2.45) is 14.1 Å². The Kier molecular flexibility index (Phi) is 5.23. The topological polar surface area (TPSA) is 35.6 Å². The summed E-state index contributed by atoms with van der Waals surface area (Å²) in [6, 6.07) is 26.0. The van der Waals surface area contributed by atoms with Gasteiger partial charge in [0.1, 0.15) is 23.3 Å². The number of para-hydroxylation sites is 3. The average molecular weight is 493 g/mol. The van der Waals surface area contributed by atoms with Crippen molar-refractivity contribution in [3.8, 4) is 22.8 Å². The number of benzene rings is 4. The lowest BCUT2D eigenvalue weighted by atomic mass is 9.77. The number of aromatic nitrogens is 4. The molecule has 2 heterocycles. The van der Waals surface area contributed by atoms with E-state index in [-0.39, 0.29) is 0 Å². The van der Waals surface area contributed by atoms with Crippen LogP contribution in [0.3, 0.4) is 0 Å². The molecular formula is C31H26F2N4. The molecule has 6 heteroatoms. The first-order valence-electron chi connectivity index (χ1n) is 12.2. The predicted molar refractivity (Wildman–Crippen MR) is 144 cm³/mol. The van der Waals surface area contributed by atoms with Crippen LogP contribution in [0.15, 0.2) is 84.9 Å². The lowest BCUT2D eigenvalue weighted by Crippen LogP contribution is -2.21. The summed E-state index contributed by atoms with van der Waals surface area (Å²) in [5.74, 6) is 0.540. The lowest BCUT2D eigenvalue weighted by molar-refractivity contribution is 0.532. The zero-order valence-corrected chi connectivity index (χ0v) is 21.1. The molecular weight excluding hydrogens is 466 g/mol. The summed E-state index contributed by atoms with van der Waals surface area (Å²) < 4.78 is 32.6. The van der Waals surface area contributed by atoms with E-state index < -0.39 is 17.0 Å². The van der Waals surface area contributed by atoms with Crippen LogP contribution in [-0.2, 0) is 19.5 Å². The number of halogens is 2. The van der Waals surface area contributed by atoms with Gasteiger partial charge >= 0.3 is 0 Å². The minimum absolute atomic E-state index is 0.428. The molecule has 0 bridgehead atoms. The summed E-state index contributed by atoms with van der Waals surface area (Å²) in [5, 5.41) is 0. The minimum Gasteiger partial charge on any atom is -0.327 e. The Bertz CT molecular complexity index is 1810. The van der Waals surface area contributed by atoms with Gasteiger partial charge in [-0.15, -0.1) is 0 Å². The van der Waals surface area contributed by atoms with Crippen LogP contribution in [0, 0.1) is 11.6 Å². The summed E-state index contributed by atoms with van der Waals surface area (Å²) in [6.45, 7) is 3.89. The van der Waals surface area contributed by atoms with E-state index in [1.807, 2.05) is 76.5 Å². The molecule has 6 aromatic rings. The fourth-order valence-electron chi connectivity index (χ4n) is 5.32. The number of hydrogen-bond acceptors (Lipinski definition) is 2. The zero-order chi connectivity index (χ0) is 25.9. The molecule has 6 rings (SSSR count). The van der Waals surface area contributed by atoms with Crippen molar-refractivity contribution in [2.75, 3.05) is 0 Å². The van der Waals surface area contributed by atoms with Gasteiger partial charge in [0.25, 0.3) is 0 Å². The summed E-state index contributed by atoms with van der Waals surface area (Å²) in [5.41, 5.74) is 6.30. The highest BCUT2D eigenvalue weighted by molar-refractivity contribution is 5.86. The van der Waals surface area contributed by atoms with Gasteiger partial charge in [0.2, 0.25) is 0 Å². The van der Waals surface area contributed by atoms with E-state index in [1.54, 1.807) is 0 Å². The lowest BCUT2D eigenvalue weighted by Gasteiger charge is -2.27. The normalized spacial score (nSPS) is 12.1. The van der Waals surface area contributed by atoms with Crippen LogP contribution in [0.4, 0.5) is 8.78 Å². The van der Waals surface area contributed by atoms with E-state index in [0.717, 1.165) is 56.5 Å². The Hall–Kier alpha value is -4.32. The molecule has 4 nitrogen and oxygen atoms in total. The fourth-order valence-corrected chi connectivity index (χ4v) is 5.32. The number of nitrogens with zero attached hydrogens (tertiary/aromatic N) is 4. The molecule has 0 amide bonds. The van der Waals surface area contributed by atoms with E-state index in [0.29, 0.717) is 5.56 Å². The van der Waals surface area contributed by atoms with Gasteiger partial charge in [-0.3, -0.25) is 0 Å². The molecule has 0 N–H and O–H groups in total. The van der Waals surface area contributed by atoms with Crippen molar-refractivity contribution in [1.29, 1.82) is 0 Å². The molecule has 0 unspecified atom stereocenters. The second kappa shape index (κ2) is 8.37. The van der Waals surface area contributed by atoms with Crippen LogP contribution < -0.4 is 0 Å². The Balaban J connectivity index is 1.49. The van der Waals surface area contributed by atoms with Crippen molar-refractivity contribution < 1.29 is 8.78 Å². The minimum atomic E-state index is -0.724. The molecule has 0 radical (unpaired) electrons. The molecule has 0 saturated heterocycles. The Morgan fingerprint density at radius 2 is 1.30 bits per heavy atom. The van der Waals surface area contributed by atoms with Crippen molar-refractivity contribution in [3.05, 3.63) is 108 Å². The summed E-state index contributed by atoms with van der Waals surface area (Å²) in [7, 11) is 4.01. The van der Waals surface area contributed by atoms with Gasteiger partial charge in [-0.05, 0) is 41.5 Å². The monoisotopic (exact) mass is 492 g/mol. The molecule has 2 aromatic heterocycles. The molecule has 0 aliphatic heterocycles. The molecule has 0 spiro atoms. The van der Waals surface area contributed by atoms with Gasteiger partial charge < -0.3 is 9.13 Å².